The summed E-state index contributed by atoms with van der Waals surface area (Å²) in [4.78, 5) is 28.8. The fraction of sp³-hybridized carbons (Fsp3) is 0.364. The van der Waals surface area contributed by atoms with Gasteiger partial charge in [-0.15, -0.1) is 0 Å². The lowest BCUT2D eigenvalue weighted by molar-refractivity contribution is -0.135. The number of hydrogen-bond donors (Lipinski definition) is 0. The average molecular weight is 396 g/mol. The molecule has 2 heterocycles. The fourth-order valence-electron chi connectivity index (χ4n) is 3.72. The number of fused-ring (bicyclic) bond motifs is 1. The summed E-state index contributed by atoms with van der Waals surface area (Å²) in [6.07, 6.45) is 0.209. The van der Waals surface area contributed by atoms with E-state index in [0.29, 0.717) is 37.8 Å². The van der Waals surface area contributed by atoms with Crippen LogP contribution in [0.5, 0.6) is 17.2 Å². The largest absolute Gasteiger partial charge is 0.497 e. The minimum absolute atomic E-state index is 0.0331. The molecule has 0 aliphatic carbocycles. The van der Waals surface area contributed by atoms with Crippen molar-refractivity contribution in [1.29, 1.82) is 0 Å². The summed E-state index contributed by atoms with van der Waals surface area (Å²) in [5.74, 6) is 1.64. The summed E-state index contributed by atoms with van der Waals surface area (Å²) >= 11 is 0. The molecule has 2 amide bonds. The van der Waals surface area contributed by atoms with Crippen LogP contribution in [0.25, 0.3) is 0 Å². The molecule has 0 bridgehead atoms. The van der Waals surface area contributed by atoms with Crippen molar-refractivity contribution in [2.24, 2.45) is 5.92 Å². The minimum atomic E-state index is -0.362. The molecule has 2 aromatic carbocycles. The monoisotopic (exact) mass is 396 g/mol. The molecular formula is C22H24N2O5. The van der Waals surface area contributed by atoms with Crippen molar-refractivity contribution in [2.75, 3.05) is 38.8 Å². The van der Waals surface area contributed by atoms with E-state index in [9.17, 15) is 9.59 Å². The number of hydrogen-bond acceptors (Lipinski definition) is 5. The van der Waals surface area contributed by atoms with Crippen molar-refractivity contribution < 1.29 is 23.8 Å². The van der Waals surface area contributed by atoms with Crippen LogP contribution in [0.15, 0.2) is 42.5 Å². The molecule has 1 saturated heterocycles. The first-order valence-electron chi connectivity index (χ1n) is 9.63. The van der Waals surface area contributed by atoms with Crippen molar-refractivity contribution in [3.8, 4) is 17.2 Å². The van der Waals surface area contributed by atoms with Gasteiger partial charge in [0.15, 0.2) is 11.5 Å². The van der Waals surface area contributed by atoms with Crippen molar-refractivity contribution in [3.05, 3.63) is 48.0 Å². The quantitative estimate of drug-likeness (QED) is 0.777. The van der Waals surface area contributed by atoms with Gasteiger partial charge in [0.25, 0.3) is 0 Å². The number of ether oxygens (including phenoxy) is 3. The van der Waals surface area contributed by atoms with Crippen LogP contribution in [0.4, 0.5) is 5.69 Å². The van der Waals surface area contributed by atoms with Gasteiger partial charge in [0.1, 0.15) is 19.0 Å². The van der Waals surface area contributed by atoms with E-state index in [1.807, 2.05) is 36.4 Å². The third-order valence-electron chi connectivity index (χ3n) is 5.27. The molecule has 29 heavy (non-hydrogen) atoms. The lowest BCUT2D eigenvalue weighted by Crippen LogP contribution is -2.34. The second kappa shape index (κ2) is 8.03. The van der Waals surface area contributed by atoms with Crippen molar-refractivity contribution in [2.45, 2.75) is 13.0 Å². The standard InChI is InChI=1S/C22H24N2O5/c1-23(13-15-3-6-18(27-2)7-4-15)22(26)16-11-21(25)24(14-16)17-5-8-19-20(12-17)29-10-9-28-19/h3-8,12,16H,9-11,13-14H2,1-2H3/t16-/m1/s1. The molecule has 1 atom stereocenters. The van der Waals surface area contributed by atoms with E-state index < -0.39 is 0 Å². The highest BCUT2D eigenvalue weighted by Crippen LogP contribution is 2.36. The van der Waals surface area contributed by atoms with Gasteiger partial charge in [-0.25, -0.2) is 0 Å². The van der Waals surface area contributed by atoms with Gasteiger partial charge in [0.05, 0.1) is 13.0 Å². The molecule has 4 rings (SSSR count). The Labute approximate surface area is 169 Å². The van der Waals surface area contributed by atoms with E-state index >= 15 is 0 Å². The van der Waals surface area contributed by atoms with E-state index in [4.69, 9.17) is 14.2 Å². The van der Waals surface area contributed by atoms with Gasteiger partial charge in [-0.3, -0.25) is 9.59 Å². The number of methoxy groups -OCH3 is 1. The van der Waals surface area contributed by atoms with Crippen molar-refractivity contribution in [1.82, 2.24) is 4.90 Å². The Bertz CT molecular complexity index is 912. The highest BCUT2D eigenvalue weighted by Gasteiger charge is 2.36. The molecule has 0 N–H and O–H groups in total. The van der Waals surface area contributed by atoms with Gasteiger partial charge in [0.2, 0.25) is 11.8 Å². The molecule has 2 aromatic rings. The van der Waals surface area contributed by atoms with Crippen LogP contribution >= 0.6 is 0 Å². The first kappa shape index (κ1) is 19.1. The van der Waals surface area contributed by atoms with E-state index in [0.717, 1.165) is 17.0 Å². The molecule has 0 spiro atoms. The Morgan fingerprint density at radius 2 is 1.86 bits per heavy atom. The van der Waals surface area contributed by atoms with Gasteiger partial charge in [-0.05, 0) is 29.8 Å². The Hall–Kier alpha value is -3.22. The predicted molar refractivity (Wildman–Crippen MR) is 107 cm³/mol. The maximum absolute atomic E-state index is 12.9. The Balaban J connectivity index is 1.42. The molecule has 152 valence electrons. The van der Waals surface area contributed by atoms with Crippen molar-refractivity contribution >= 4 is 17.5 Å². The van der Waals surface area contributed by atoms with Gasteiger partial charge < -0.3 is 24.0 Å². The number of rotatable bonds is 5. The Kier molecular flexibility index (Phi) is 5.29. The van der Waals surface area contributed by atoms with Gasteiger partial charge in [-0.1, -0.05) is 12.1 Å². The summed E-state index contributed by atoms with van der Waals surface area (Å²) in [5, 5.41) is 0. The zero-order valence-corrected chi connectivity index (χ0v) is 16.6. The van der Waals surface area contributed by atoms with Gasteiger partial charge >= 0.3 is 0 Å². The fourth-order valence-corrected chi connectivity index (χ4v) is 3.72. The van der Waals surface area contributed by atoms with Crippen LogP contribution in [0, 0.1) is 5.92 Å². The minimum Gasteiger partial charge on any atom is -0.497 e. The van der Waals surface area contributed by atoms with Crippen LogP contribution in [0.3, 0.4) is 0 Å². The second-order valence-electron chi connectivity index (χ2n) is 7.28. The van der Waals surface area contributed by atoms with E-state index in [-0.39, 0.29) is 24.2 Å². The number of amides is 2. The normalized spacial score (nSPS) is 17.9. The molecule has 2 aliphatic rings. The molecule has 7 nitrogen and oxygen atoms in total. The number of carbonyl (C=O) groups excluding carboxylic acids is 2. The number of benzene rings is 2. The molecular weight excluding hydrogens is 372 g/mol. The highest BCUT2D eigenvalue weighted by atomic mass is 16.6. The van der Waals surface area contributed by atoms with Crippen LogP contribution in [-0.4, -0.2) is 50.6 Å². The second-order valence-corrected chi connectivity index (χ2v) is 7.28. The molecule has 1 fully saturated rings. The maximum atomic E-state index is 12.9. The first-order valence-corrected chi connectivity index (χ1v) is 9.63. The molecule has 2 aliphatic heterocycles. The lowest BCUT2D eigenvalue weighted by Gasteiger charge is -2.23. The number of nitrogens with zero attached hydrogens (tertiary/aromatic N) is 2. The lowest BCUT2D eigenvalue weighted by atomic mass is 10.1. The van der Waals surface area contributed by atoms with Gasteiger partial charge in [-0.2, -0.15) is 0 Å². The molecule has 0 aromatic heterocycles. The zero-order valence-electron chi connectivity index (χ0n) is 16.6. The Morgan fingerprint density at radius 3 is 2.59 bits per heavy atom. The molecule has 0 radical (unpaired) electrons. The SMILES string of the molecule is COc1ccc(CN(C)C(=O)[C@@H]2CC(=O)N(c3ccc4c(c3)OCCO4)C2)cc1. The van der Waals surface area contributed by atoms with E-state index in [1.54, 1.807) is 30.0 Å². The summed E-state index contributed by atoms with van der Waals surface area (Å²) in [6, 6.07) is 13.1. The number of carbonyl (C=O) groups is 2. The summed E-state index contributed by atoms with van der Waals surface area (Å²) in [7, 11) is 3.39. The maximum Gasteiger partial charge on any atom is 0.228 e. The smallest absolute Gasteiger partial charge is 0.228 e. The van der Waals surface area contributed by atoms with Crippen LogP contribution in [0.1, 0.15) is 12.0 Å². The molecule has 0 unspecified atom stereocenters. The van der Waals surface area contributed by atoms with Crippen LogP contribution < -0.4 is 19.1 Å². The highest BCUT2D eigenvalue weighted by molar-refractivity contribution is 6.00. The first-order chi connectivity index (χ1) is 14.0. The third-order valence-corrected chi connectivity index (χ3v) is 5.27. The topological polar surface area (TPSA) is 68.3 Å². The third kappa shape index (κ3) is 3.99. The van der Waals surface area contributed by atoms with E-state index in [1.165, 1.54) is 0 Å². The summed E-state index contributed by atoms with van der Waals surface area (Å²) in [6.45, 7) is 1.86. The number of anilines is 1. The van der Waals surface area contributed by atoms with E-state index in [2.05, 4.69) is 0 Å². The summed E-state index contributed by atoms with van der Waals surface area (Å²) < 4.78 is 16.3. The van der Waals surface area contributed by atoms with Gasteiger partial charge in [0, 0.05) is 38.3 Å². The molecule has 0 saturated carbocycles. The van der Waals surface area contributed by atoms with Crippen molar-refractivity contribution in [3.63, 3.8) is 0 Å². The van der Waals surface area contributed by atoms with Crippen LogP contribution in [-0.2, 0) is 16.1 Å². The average Bonchev–Trinajstić information content (AvgIpc) is 3.15. The zero-order chi connectivity index (χ0) is 20.4. The predicted octanol–water partition coefficient (Wildman–Crippen LogP) is 2.48. The summed E-state index contributed by atoms with van der Waals surface area (Å²) in [5.41, 5.74) is 1.74. The Morgan fingerprint density at radius 1 is 1.14 bits per heavy atom. The molecule has 7 heteroatoms. The van der Waals surface area contributed by atoms with Crippen LogP contribution in [0.2, 0.25) is 0 Å².